The monoisotopic (exact) mass is 416 g/mol. The Morgan fingerprint density at radius 3 is 2.45 bits per heavy atom. The topological polar surface area (TPSA) is 84.5 Å². The van der Waals surface area contributed by atoms with Crippen molar-refractivity contribution in [2.24, 2.45) is 0 Å². The standard InChI is InChI=1S/C25H24N2O4/c1-3-23(28)26-16-20-10-6-7-11-21(20)25(30)27-22(15-24(29)31-2)19-13-12-17-8-4-5-9-18(17)14-19/h3-14,22H,1,15-16H2,2H3,(H,26,28)(H,27,30)/t22-/m0/s1. The van der Waals surface area contributed by atoms with Crippen molar-refractivity contribution in [2.45, 2.75) is 19.0 Å². The number of carbonyl (C=O) groups is 3. The van der Waals surface area contributed by atoms with Gasteiger partial charge in [0.25, 0.3) is 5.91 Å². The van der Waals surface area contributed by atoms with Crippen LogP contribution in [0.25, 0.3) is 10.8 Å². The van der Waals surface area contributed by atoms with Gasteiger partial charge in [0.1, 0.15) is 0 Å². The molecule has 0 unspecified atom stereocenters. The first kappa shape index (κ1) is 21.8. The molecule has 0 saturated heterocycles. The quantitative estimate of drug-likeness (QED) is 0.433. The van der Waals surface area contributed by atoms with Gasteiger partial charge in [-0.3, -0.25) is 14.4 Å². The zero-order valence-corrected chi connectivity index (χ0v) is 17.3. The number of hydrogen-bond acceptors (Lipinski definition) is 4. The van der Waals surface area contributed by atoms with Crippen LogP contribution in [0, 0.1) is 0 Å². The van der Waals surface area contributed by atoms with E-state index < -0.39 is 12.0 Å². The van der Waals surface area contributed by atoms with E-state index in [2.05, 4.69) is 17.2 Å². The van der Waals surface area contributed by atoms with Crippen molar-refractivity contribution >= 4 is 28.6 Å². The highest BCUT2D eigenvalue weighted by Gasteiger charge is 2.21. The molecule has 6 nitrogen and oxygen atoms in total. The van der Waals surface area contributed by atoms with Crippen LogP contribution < -0.4 is 10.6 Å². The van der Waals surface area contributed by atoms with Gasteiger partial charge in [0.2, 0.25) is 5.91 Å². The summed E-state index contributed by atoms with van der Waals surface area (Å²) in [6, 6.07) is 20.1. The first-order chi connectivity index (χ1) is 15.0. The van der Waals surface area contributed by atoms with Gasteiger partial charge in [-0.05, 0) is 40.1 Å². The van der Waals surface area contributed by atoms with Crippen molar-refractivity contribution < 1.29 is 19.1 Å². The molecule has 0 aliphatic heterocycles. The number of esters is 1. The van der Waals surface area contributed by atoms with Crippen LogP contribution in [0.2, 0.25) is 0 Å². The lowest BCUT2D eigenvalue weighted by atomic mass is 9.98. The number of hydrogen-bond donors (Lipinski definition) is 2. The lowest BCUT2D eigenvalue weighted by Gasteiger charge is -2.20. The fraction of sp³-hybridized carbons (Fsp3) is 0.160. The average Bonchev–Trinajstić information content (AvgIpc) is 2.81. The Labute approximate surface area is 180 Å². The summed E-state index contributed by atoms with van der Waals surface area (Å²) < 4.78 is 4.83. The minimum absolute atomic E-state index is 0.00402. The van der Waals surface area contributed by atoms with Crippen LogP contribution >= 0.6 is 0 Å². The van der Waals surface area contributed by atoms with Gasteiger partial charge >= 0.3 is 5.97 Å². The predicted molar refractivity (Wildman–Crippen MR) is 119 cm³/mol. The molecule has 2 amide bonds. The molecule has 0 radical (unpaired) electrons. The highest BCUT2D eigenvalue weighted by molar-refractivity contribution is 5.96. The lowest BCUT2D eigenvalue weighted by molar-refractivity contribution is -0.141. The van der Waals surface area contributed by atoms with E-state index in [1.165, 1.54) is 13.2 Å². The van der Waals surface area contributed by atoms with Crippen molar-refractivity contribution in [2.75, 3.05) is 7.11 Å². The van der Waals surface area contributed by atoms with E-state index in [1.807, 2.05) is 42.5 Å². The second kappa shape index (κ2) is 10.2. The Bertz CT molecular complexity index is 1120. The Balaban J connectivity index is 1.87. The van der Waals surface area contributed by atoms with Gasteiger partial charge in [-0.2, -0.15) is 0 Å². The van der Waals surface area contributed by atoms with Gasteiger partial charge in [-0.15, -0.1) is 0 Å². The number of amides is 2. The van der Waals surface area contributed by atoms with E-state index in [9.17, 15) is 14.4 Å². The number of rotatable bonds is 8. The molecule has 0 heterocycles. The molecule has 0 aliphatic rings. The minimum Gasteiger partial charge on any atom is -0.469 e. The summed E-state index contributed by atoms with van der Waals surface area (Å²) in [4.78, 5) is 36.6. The average molecular weight is 416 g/mol. The normalized spacial score (nSPS) is 11.4. The van der Waals surface area contributed by atoms with Gasteiger partial charge in [-0.25, -0.2) is 0 Å². The number of nitrogens with one attached hydrogen (secondary N) is 2. The second-order valence-corrected chi connectivity index (χ2v) is 6.99. The zero-order valence-electron chi connectivity index (χ0n) is 17.3. The van der Waals surface area contributed by atoms with Gasteiger partial charge in [0.05, 0.1) is 19.6 Å². The first-order valence-electron chi connectivity index (χ1n) is 9.86. The molecule has 31 heavy (non-hydrogen) atoms. The third-order valence-corrected chi connectivity index (χ3v) is 4.98. The fourth-order valence-corrected chi connectivity index (χ4v) is 3.31. The van der Waals surface area contributed by atoms with E-state index in [-0.39, 0.29) is 24.8 Å². The largest absolute Gasteiger partial charge is 0.469 e. The predicted octanol–water partition coefficient (Wildman–Crippen LogP) is 3.68. The number of carbonyl (C=O) groups excluding carboxylic acids is 3. The number of benzene rings is 3. The Morgan fingerprint density at radius 1 is 1.00 bits per heavy atom. The lowest BCUT2D eigenvalue weighted by Crippen LogP contribution is -2.32. The van der Waals surface area contributed by atoms with Gasteiger partial charge in [0.15, 0.2) is 0 Å². The number of fused-ring (bicyclic) bond motifs is 1. The molecule has 0 aliphatic carbocycles. The van der Waals surface area contributed by atoms with Gasteiger partial charge in [-0.1, -0.05) is 61.2 Å². The Morgan fingerprint density at radius 2 is 1.71 bits per heavy atom. The highest BCUT2D eigenvalue weighted by atomic mass is 16.5. The molecule has 0 bridgehead atoms. The van der Waals surface area contributed by atoms with E-state index >= 15 is 0 Å². The zero-order chi connectivity index (χ0) is 22.2. The maximum Gasteiger partial charge on any atom is 0.307 e. The Kier molecular flexibility index (Phi) is 7.17. The summed E-state index contributed by atoms with van der Waals surface area (Å²) in [5, 5.41) is 7.71. The third-order valence-electron chi connectivity index (χ3n) is 4.98. The van der Waals surface area contributed by atoms with Gasteiger partial charge in [0, 0.05) is 12.1 Å². The van der Waals surface area contributed by atoms with Crippen molar-refractivity contribution in [1.82, 2.24) is 10.6 Å². The summed E-state index contributed by atoms with van der Waals surface area (Å²) in [7, 11) is 1.32. The first-order valence-corrected chi connectivity index (χ1v) is 9.86. The minimum atomic E-state index is -0.569. The summed E-state index contributed by atoms with van der Waals surface area (Å²) in [6.07, 6.45) is 1.17. The molecule has 158 valence electrons. The molecular weight excluding hydrogens is 392 g/mol. The summed E-state index contributed by atoms with van der Waals surface area (Å²) in [6.45, 7) is 3.61. The van der Waals surface area contributed by atoms with Crippen LogP contribution in [0.4, 0.5) is 0 Å². The van der Waals surface area contributed by atoms with Gasteiger partial charge < -0.3 is 15.4 Å². The molecule has 1 atom stereocenters. The SMILES string of the molecule is C=CC(=O)NCc1ccccc1C(=O)N[C@@H](CC(=O)OC)c1ccc2ccccc2c1. The molecule has 0 fully saturated rings. The second-order valence-electron chi connectivity index (χ2n) is 6.99. The maximum absolute atomic E-state index is 13.1. The molecule has 3 aromatic carbocycles. The molecule has 0 saturated carbocycles. The van der Waals surface area contributed by atoms with Crippen LogP contribution in [0.1, 0.15) is 33.9 Å². The molecule has 3 aromatic rings. The maximum atomic E-state index is 13.1. The van der Waals surface area contributed by atoms with Crippen LogP contribution in [0.15, 0.2) is 79.4 Å². The van der Waals surface area contributed by atoms with Crippen LogP contribution in [0.3, 0.4) is 0 Å². The summed E-state index contributed by atoms with van der Waals surface area (Å²) in [5.74, 6) is -1.09. The van der Waals surface area contributed by atoms with Crippen LogP contribution in [-0.2, 0) is 20.9 Å². The number of methoxy groups -OCH3 is 1. The smallest absolute Gasteiger partial charge is 0.307 e. The molecule has 2 N–H and O–H groups in total. The van der Waals surface area contributed by atoms with Crippen LogP contribution in [0.5, 0.6) is 0 Å². The molecule has 6 heteroatoms. The molecular formula is C25H24N2O4. The highest BCUT2D eigenvalue weighted by Crippen LogP contribution is 2.24. The van der Waals surface area contributed by atoms with E-state index in [0.29, 0.717) is 11.1 Å². The van der Waals surface area contributed by atoms with Crippen molar-refractivity contribution in [3.63, 3.8) is 0 Å². The summed E-state index contributed by atoms with van der Waals surface area (Å²) in [5.41, 5.74) is 1.88. The summed E-state index contributed by atoms with van der Waals surface area (Å²) >= 11 is 0. The van der Waals surface area contributed by atoms with Crippen molar-refractivity contribution in [1.29, 1.82) is 0 Å². The van der Waals surface area contributed by atoms with E-state index in [0.717, 1.165) is 16.3 Å². The fourth-order valence-electron chi connectivity index (χ4n) is 3.31. The van der Waals surface area contributed by atoms with Crippen molar-refractivity contribution in [3.05, 3.63) is 96.1 Å². The Hall–Kier alpha value is -3.93. The third kappa shape index (κ3) is 5.57. The molecule has 3 rings (SSSR count). The molecule has 0 spiro atoms. The molecule has 0 aromatic heterocycles. The number of ether oxygens (including phenoxy) is 1. The van der Waals surface area contributed by atoms with Crippen LogP contribution in [-0.4, -0.2) is 24.9 Å². The van der Waals surface area contributed by atoms with E-state index in [1.54, 1.807) is 24.3 Å². The van der Waals surface area contributed by atoms with E-state index in [4.69, 9.17) is 4.74 Å². The van der Waals surface area contributed by atoms with Crippen molar-refractivity contribution in [3.8, 4) is 0 Å².